The molecule has 5 heavy (non-hydrogen) atoms. The van der Waals surface area contributed by atoms with Crippen LogP contribution in [-0.4, -0.2) is 14.1 Å². The molecule has 0 unspecified atom stereocenters. The van der Waals surface area contributed by atoms with Crippen molar-refractivity contribution in [1.82, 2.24) is 5.32 Å². The Balaban J connectivity index is 0. The molecule has 0 aromatic carbocycles. The Hall–Kier alpha value is 1.13. The Morgan fingerprint density at radius 1 is 1.40 bits per heavy atom. The summed E-state index contributed by atoms with van der Waals surface area (Å²) in [5.41, 5.74) is 0. The van der Waals surface area contributed by atoms with Crippen molar-refractivity contribution in [2.45, 2.75) is 0 Å². The van der Waals surface area contributed by atoms with E-state index < -0.39 is 0 Å². The van der Waals surface area contributed by atoms with Crippen molar-refractivity contribution in [2.75, 3.05) is 14.1 Å². The SMILES string of the molecule is CNC.[Cl][Zr]. The molecule has 0 bridgehead atoms. The van der Waals surface area contributed by atoms with Gasteiger partial charge in [-0.3, -0.25) is 0 Å². The van der Waals surface area contributed by atoms with Gasteiger partial charge in [0.25, 0.3) is 0 Å². The first-order valence-electron chi connectivity index (χ1n) is 1.19. The number of rotatable bonds is 0. The summed E-state index contributed by atoms with van der Waals surface area (Å²) in [4.78, 5) is 0. The summed E-state index contributed by atoms with van der Waals surface area (Å²) >= 11 is 1.02. The molecule has 1 nitrogen and oxygen atoms in total. The van der Waals surface area contributed by atoms with Crippen molar-refractivity contribution in [3.63, 3.8) is 0 Å². The number of nitrogens with one attached hydrogen (secondary N) is 1. The Labute approximate surface area is 51.5 Å². The summed E-state index contributed by atoms with van der Waals surface area (Å²) in [7, 11) is 8.48. The van der Waals surface area contributed by atoms with E-state index >= 15 is 0 Å². The molecule has 0 aliphatic rings. The monoisotopic (exact) mass is 170 g/mol. The van der Waals surface area contributed by atoms with Gasteiger partial charge in [-0.25, -0.2) is 0 Å². The second-order valence-corrected chi connectivity index (χ2v) is 0.500. The predicted octanol–water partition coefficient (Wildman–Crippen LogP) is 0.523. The topological polar surface area (TPSA) is 12.0 Å². The average Bonchev–Trinajstić information content (AvgIpc) is 1.46. The van der Waals surface area contributed by atoms with E-state index in [2.05, 4.69) is 5.32 Å². The zero-order valence-electron chi connectivity index (χ0n) is 3.38. The molecule has 0 rings (SSSR count). The van der Waals surface area contributed by atoms with Crippen LogP contribution in [0.3, 0.4) is 0 Å². The van der Waals surface area contributed by atoms with Crippen LogP contribution in [-0.2, 0) is 23.5 Å². The van der Waals surface area contributed by atoms with E-state index in [0.29, 0.717) is 0 Å². The van der Waals surface area contributed by atoms with Crippen LogP contribution in [0.15, 0.2) is 0 Å². The maximum absolute atomic E-state index is 4.73. The van der Waals surface area contributed by atoms with E-state index in [9.17, 15) is 0 Å². The Morgan fingerprint density at radius 3 is 1.40 bits per heavy atom. The van der Waals surface area contributed by atoms with Gasteiger partial charge in [-0.15, -0.1) is 0 Å². The molecule has 0 saturated carbocycles. The molecule has 0 saturated heterocycles. The van der Waals surface area contributed by atoms with Gasteiger partial charge in [0.05, 0.1) is 0 Å². The fraction of sp³-hybridized carbons (Fsp3) is 1.00. The molecule has 0 radical (unpaired) electrons. The standard InChI is InChI=1S/C2H7N.ClH.Zr/c1-3-2;;/h3H,1-2H3;1H;/q;;+1/p-1. The molecule has 0 atom stereocenters. The van der Waals surface area contributed by atoms with E-state index in [1.54, 1.807) is 0 Å². The van der Waals surface area contributed by atoms with Crippen molar-refractivity contribution >= 4 is 8.51 Å². The van der Waals surface area contributed by atoms with Crippen LogP contribution >= 0.6 is 8.51 Å². The summed E-state index contributed by atoms with van der Waals surface area (Å²) in [5.74, 6) is 0. The first kappa shape index (κ1) is 9.46. The van der Waals surface area contributed by atoms with Gasteiger partial charge in [0, 0.05) is 0 Å². The first-order chi connectivity index (χ1) is 2.41. The van der Waals surface area contributed by atoms with Gasteiger partial charge in [0.15, 0.2) is 0 Å². The third-order valence-electron chi connectivity index (χ3n) is 0. The second-order valence-electron chi connectivity index (χ2n) is 0.500. The number of hydrogen-bond acceptors (Lipinski definition) is 1. The van der Waals surface area contributed by atoms with Crippen LogP contribution in [0.5, 0.6) is 0 Å². The van der Waals surface area contributed by atoms with Gasteiger partial charge in [-0.2, -0.15) is 0 Å². The molecule has 0 aliphatic heterocycles. The first-order valence-corrected chi connectivity index (χ1v) is 4.35. The third kappa shape index (κ3) is 39.2. The van der Waals surface area contributed by atoms with Crippen molar-refractivity contribution < 1.29 is 23.5 Å². The second kappa shape index (κ2) is 19.3. The quantitative estimate of drug-likeness (QED) is 0.561. The van der Waals surface area contributed by atoms with Gasteiger partial charge >= 0.3 is 32.0 Å². The van der Waals surface area contributed by atoms with Gasteiger partial charge in [0.2, 0.25) is 0 Å². The summed E-state index contributed by atoms with van der Waals surface area (Å²) in [6, 6.07) is 0. The van der Waals surface area contributed by atoms with Crippen molar-refractivity contribution in [3.8, 4) is 0 Å². The van der Waals surface area contributed by atoms with Crippen LogP contribution in [0.4, 0.5) is 0 Å². The van der Waals surface area contributed by atoms with Crippen molar-refractivity contribution in [3.05, 3.63) is 0 Å². The number of halogens is 1. The molecule has 0 aromatic heterocycles. The molecule has 0 aromatic rings. The molecule has 31 valence electrons. The van der Waals surface area contributed by atoms with Crippen LogP contribution in [0.25, 0.3) is 0 Å². The molecular formula is C2H7ClNZr. The summed E-state index contributed by atoms with van der Waals surface area (Å²) in [6.07, 6.45) is 0. The van der Waals surface area contributed by atoms with Gasteiger partial charge in [-0.05, 0) is 14.1 Å². The molecule has 3 heteroatoms. The van der Waals surface area contributed by atoms with Crippen LogP contribution < -0.4 is 5.32 Å². The molecule has 0 spiro atoms. The third-order valence-corrected chi connectivity index (χ3v) is 0. The zero-order valence-corrected chi connectivity index (χ0v) is 6.59. The van der Waals surface area contributed by atoms with E-state index in [0.717, 1.165) is 23.5 Å². The van der Waals surface area contributed by atoms with Crippen molar-refractivity contribution in [1.29, 1.82) is 0 Å². The van der Waals surface area contributed by atoms with Crippen LogP contribution in [0.1, 0.15) is 0 Å². The predicted molar refractivity (Wildman–Crippen MR) is 20.8 cm³/mol. The summed E-state index contributed by atoms with van der Waals surface area (Å²) in [6.45, 7) is 0. The summed E-state index contributed by atoms with van der Waals surface area (Å²) in [5, 5.41) is 2.75. The van der Waals surface area contributed by atoms with Crippen LogP contribution in [0.2, 0.25) is 0 Å². The van der Waals surface area contributed by atoms with E-state index in [4.69, 9.17) is 8.51 Å². The molecular weight excluding hydrogens is 165 g/mol. The normalized spacial score (nSPS) is 4.40. The van der Waals surface area contributed by atoms with E-state index in [1.807, 2.05) is 14.1 Å². The Bertz CT molecular complexity index is 9.61. The minimum atomic E-state index is 1.02. The summed E-state index contributed by atoms with van der Waals surface area (Å²) < 4.78 is 0. The van der Waals surface area contributed by atoms with Crippen molar-refractivity contribution in [2.24, 2.45) is 0 Å². The molecule has 0 fully saturated rings. The molecule has 0 amide bonds. The fourth-order valence-electron chi connectivity index (χ4n) is 0. The molecule has 0 heterocycles. The van der Waals surface area contributed by atoms with Gasteiger partial charge < -0.3 is 5.32 Å². The van der Waals surface area contributed by atoms with E-state index in [-0.39, 0.29) is 0 Å². The maximum atomic E-state index is 4.73. The van der Waals surface area contributed by atoms with Crippen LogP contribution in [0, 0.1) is 0 Å². The zero-order chi connectivity index (χ0) is 4.71. The van der Waals surface area contributed by atoms with E-state index in [1.165, 1.54) is 0 Å². The molecule has 0 aliphatic carbocycles. The Kier molecular flexibility index (Phi) is 36.5. The fourth-order valence-corrected chi connectivity index (χ4v) is 0. The average molecular weight is 172 g/mol. The number of hydrogen-bond donors (Lipinski definition) is 1. The Morgan fingerprint density at radius 2 is 1.40 bits per heavy atom. The van der Waals surface area contributed by atoms with Gasteiger partial charge in [0.1, 0.15) is 0 Å². The minimum absolute atomic E-state index is 1.02. The van der Waals surface area contributed by atoms with Gasteiger partial charge in [-0.1, -0.05) is 0 Å². The molecule has 1 N–H and O–H groups in total.